The summed E-state index contributed by atoms with van der Waals surface area (Å²) in [5, 5.41) is 5.69. The third-order valence-electron chi connectivity index (χ3n) is 5.59. The second-order valence-corrected chi connectivity index (χ2v) is 8.45. The van der Waals surface area contributed by atoms with Crippen LogP contribution in [0.4, 0.5) is 10.8 Å². The zero-order valence-electron chi connectivity index (χ0n) is 17.0. The number of carbonyl (C=O) groups excluding carboxylic acids is 1. The zero-order chi connectivity index (χ0) is 21.0. The van der Waals surface area contributed by atoms with E-state index in [-0.39, 0.29) is 11.9 Å². The monoisotopic (exact) mass is 429 g/mol. The molecule has 4 aromatic rings. The lowest BCUT2D eigenvalue weighted by atomic mass is 10.1. The largest absolute Gasteiger partial charge is 0.363 e. The number of nitrogens with one attached hydrogen (secondary N) is 1. The van der Waals surface area contributed by atoms with Gasteiger partial charge in [-0.1, -0.05) is 18.2 Å². The van der Waals surface area contributed by atoms with Gasteiger partial charge in [0, 0.05) is 42.7 Å². The number of hydrogen-bond acceptors (Lipinski definition) is 5. The Labute approximate surface area is 185 Å². The minimum absolute atomic E-state index is 0.147. The van der Waals surface area contributed by atoms with Crippen LogP contribution < -0.4 is 10.2 Å². The highest BCUT2D eigenvalue weighted by Gasteiger charge is 2.28. The number of carbonyl (C=O) groups is 1. The summed E-state index contributed by atoms with van der Waals surface area (Å²) in [6.45, 7) is 1.64. The van der Waals surface area contributed by atoms with Crippen LogP contribution in [0, 0.1) is 0 Å². The Hall–Kier alpha value is -3.45. The first-order valence-electron chi connectivity index (χ1n) is 10.4. The lowest BCUT2D eigenvalue weighted by Crippen LogP contribution is -2.22. The number of nitrogens with zero attached hydrogens (tertiary/aromatic N) is 4. The van der Waals surface area contributed by atoms with Gasteiger partial charge >= 0.3 is 0 Å². The number of hydrogen-bond donors (Lipinski definition) is 1. The van der Waals surface area contributed by atoms with Gasteiger partial charge in [0.1, 0.15) is 5.69 Å². The lowest BCUT2D eigenvalue weighted by molar-refractivity contribution is 0.101. The molecule has 6 nitrogen and oxygen atoms in total. The minimum atomic E-state index is -0.147. The second kappa shape index (κ2) is 8.73. The highest BCUT2D eigenvalue weighted by Crippen LogP contribution is 2.37. The van der Waals surface area contributed by atoms with Crippen LogP contribution in [-0.2, 0) is 6.54 Å². The number of para-hydroxylation sites is 1. The Kier molecular flexibility index (Phi) is 5.50. The van der Waals surface area contributed by atoms with Crippen molar-refractivity contribution in [3.8, 4) is 0 Å². The van der Waals surface area contributed by atoms with Crippen molar-refractivity contribution >= 4 is 28.1 Å². The van der Waals surface area contributed by atoms with Gasteiger partial charge in [0.25, 0.3) is 5.91 Å². The number of benzene rings is 1. The quantitative estimate of drug-likeness (QED) is 0.469. The van der Waals surface area contributed by atoms with Gasteiger partial charge in [-0.25, -0.2) is 4.98 Å². The number of amides is 1. The van der Waals surface area contributed by atoms with Gasteiger partial charge in [-0.15, -0.1) is 11.3 Å². The van der Waals surface area contributed by atoms with Gasteiger partial charge in [0.15, 0.2) is 5.13 Å². The lowest BCUT2D eigenvalue weighted by Gasteiger charge is -2.25. The molecule has 1 N–H and O–H groups in total. The summed E-state index contributed by atoms with van der Waals surface area (Å²) in [5.41, 5.74) is 3.95. The molecule has 1 aliphatic heterocycles. The minimum Gasteiger partial charge on any atom is -0.363 e. The molecule has 1 amide bonds. The van der Waals surface area contributed by atoms with Crippen molar-refractivity contribution < 1.29 is 4.79 Å². The van der Waals surface area contributed by atoms with Gasteiger partial charge in [-0.05, 0) is 54.8 Å². The van der Waals surface area contributed by atoms with Crippen LogP contribution in [-0.4, -0.2) is 27.0 Å². The molecule has 5 rings (SSSR count). The van der Waals surface area contributed by atoms with Crippen molar-refractivity contribution in [3.63, 3.8) is 0 Å². The van der Waals surface area contributed by atoms with Crippen LogP contribution in [0.1, 0.15) is 40.6 Å². The summed E-state index contributed by atoms with van der Waals surface area (Å²) >= 11 is 1.48. The van der Waals surface area contributed by atoms with Gasteiger partial charge in [-0.2, -0.15) is 0 Å². The molecular formula is C24H23N5OS. The van der Waals surface area contributed by atoms with Crippen LogP contribution in [0.2, 0.25) is 0 Å². The Morgan fingerprint density at radius 2 is 1.94 bits per heavy atom. The highest BCUT2D eigenvalue weighted by atomic mass is 32.1. The fourth-order valence-electron chi connectivity index (χ4n) is 4.10. The number of pyridine rings is 1. The molecule has 0 radical (unpaired) electrons. The first-order chi connectivity index (χ1) is 15.3. The fourth-order valence-corrected chi connectivity index (χ4v) is 4.86. The number of rotatable bonds is 6. The van der Waals surface area contributed by atoms with Crippen LogP contribution in [0.3, 0.4) is 0 Å². The van der Waals surface area contributed by atoms with Crippen molar-refractivity contribution in [2.75, 3.05) is 16.8 Å². The Balaban J connectivity index is 1.29. The van der Waals surface area contributed by atoms with Gasteiger partial charge in [0.05, 0.1) is 11.7 Å². The number of thiazole rings is 1. The van der Waals surface area contributed by atoms with Crippen LogP contribution in [0.25, 0.3) is 0 Å². The third kappa shape index (κ3) is 4.22. The van der Waals surface area contributed by atoms with Gasteiger partial charge in [-0.3, -0.25) is 15.1 Å². The molecule has 0 unspecified atom stereocenters. The molecule has 0 spiro atoms. The smallest absolute Gasteiger partial charge is 0.274 e. The van der Waals surface area contributed by atoms with E-state index >= 15 is 0 Å². The molecule has 31 heavy (non-hydrogen) atoms. The van der Waals surface area contributed by atoms with E-state index in [2.05, 4.69) is 44.8 Å². The third-order valence-corrected chi connectivity index (χ3v) is 6.36. The molecule has 0 saturated carbocycles. The molecular weight excluding hydrogens is 406 g/mol. The van der Waals surface area contributed by atoms with E-state index in [1.165, 1.54) is 17.0 Å². The normalized spacial score (nSPS) is 15.9. The van der Waals surface area contributed by atoms with Crippen molar-refractivity contribution in [2.24, 2.45) is 0 Å². The van der Waals surface area contributed by atoms with Crippen LogP contribution >= 0.6 is 11.3 Å². The molecule has 0 aliphatic carbocycles. The maximum Gasteiger partial charge on any atom is 0.274 e. The van der Waals surface area contributed by atoms with E-state index in [1.807, 2.05) is 41.1 Å². The SMILES string of the molecule is O=C(Nc1nc([C@@H]2CCCN2c2ccccc2)cs1)c1cccn1Cc1ccncc1. The van der Waals surface area contributed by atoms with Gasteiger partial charge in [0.2, 0.25) is 0 Å². The van der Waals surface area contributed by atoms with E-state index in [0.29, 0.717) is 17.4 Å². The predicted octanol–water partition coefficient (Wildman–Crippen LogP) is 4.98. The van der Waals surface area contributed by atoms with E-state index in [4.69, 9.17) is 4.98 Å². The van der Waals surface area contributed by atoms with E-state index in [1.54, 1.807) is 12.4 Å². The first kappa shape index (κ1) is 19.5. The number of aromatic nitrogens is 3. The molecule has 1 fully saturated rings. The van der Waals surface area contributed by atoms with E-state index < -0.39 is 0 Å². The fraction of sp³-hybridized carbons (Fsp3) is 0.208. The van der Waals surface area contributed by atoms with Crippen LogP contribution in [0.5, 0.6) is 0 Å². The maximum atomic E-state index is 12.9. The summed E-state index contributed by atoms with van der Waals surface area (Å²) in [4.78, 5) is 24.1. The van der Waals surface area contributed by atoms with Crippen molar-refractivity contribution in [3.05, 3.63) is 95.5 Å². The number of anilines is 2. The summed E-state index contributed by atoms with van der Waals surface area (Å²) in [6.07, 6.45) is 7.65. The Morgan fingerprint density at radius 1 is 1.10 bits per heavy atom. The van der Waals surface area contributed by atoms with E-state index in [9.17, 15) is 4.79 Å². The average molecular weight is 430 g/mol. The molecule has 1 aliphatic rings. The average Bonchev–Trinajstić information content (AvgIpc) is 3.56. The first-order valence-corrected chi connectivity index (χ1v) is 11.3. The molecule has 1 saturated heterocycles. The highest BCUT2D eigenvalue weighted by molar-refractivity contribution is 7.14. The molecule has 1 aromatic carbocycles. The molecule has 3 aromatic heterocycles. The summed E-state index contributed by atoms with van der Waals surface area (Å²) in [5.74, 6) is -0.147. The molecule has 1 atom stereocenters. The topological polar surface area (TPSA) is 63.1 Å². The second-order valence-electron chi connectivity index (χ2n) is 7.60. The molecule has 0 bridgehead atoms. The summed E-state index contributed by atoms with van der Waals surface area (Å²) in [6, 6.07) is 18.3. The predicted molar refractivity (Wildman–Crippen MR) is 124 cm³/mol. The van der Waals surface area contributed by atoms with Crippen molar-refractivity contribution in [1.29, 1.82) is 0 Å². The van der Waals surface area contributed by atoms with Crippen molar-refractivity contribution in [1.82, 2.24) is 14.5 Å². The Bertz CT molecular complexity index is 1150. The molecule has 7 heteroatoms. The van der Waals surface area contributed by atoms with E-state index in [0.717, 1.165) is 30.6 Å². The standard InChI is InChI=1S/C24H23N5OS/c30-23(22-9-4-14-28(22)16-18-10-12-25-13-11-18)27-24-26-20(17-31-24)21-8-5-15-29(21)19-6-2-1-3-7-19/h1-4,6-7,9-14,17,21H,5,8,15-16H2,(H,26,27,30)/t21-/m0/s1. The summed E-state index contributed by atoms with van der Waals surface area (Å²) in [7, 11) is 0. The molecule has 4 heterocycles. The maximum absolute atomic E-state index is 12.9. The Morgan fingerprint density at radius 3 is 2.77 bits per heavy atom. The van der Waals surface area contributed by atoms with Crippen LogP contribution in [0.15, 0.2) is 78.6 Å². The van der Waals surface area contributed by atoms with Gasteiger partial charge < -0.3 is 9.47 Å². The van der Waals surface area contributed by atoms with Crippen molar-refractivity contribution in [2.45, 2.75) is 25.4 Å². The molecule has 156 valence electrons. The summed E-state index contributed by atoms with van der Waals surface area (Å²) < 4.78 is 1.94. The zero-order valence-corrected chi connectivity index (χ0v) is 17.8.